The SMILES string of the molecule is COC(=O)C1COCCN1C(=O)Cn1cc([N+](=O)[O-])cn1. The van der Waals surface area contributed by atoms with E-state index < -0.39 is 16.9 Å². The minimum atomic E-state index is -0.804. The van der Waals surface area contributed by atoms with Crippen molar-refractivity contribution in [3.8, 4) is 0 Å². The van der Waals surface area contributed by atoms with Gasteiger partial charge in [-0.2, -0.15) is 5.10 Å². The van der Waals surface area contributed by atoms with Crippen molar-refractivity contribution in [3.63, 3.8) is 0 Å². The van der Waals surface area contributed by atoms with Gasteiger partial charge >= 0.3 is 11.7 Å². The van der Waals surface area contributed by atoms with E-state index in [1.165, 1.54) is 12.0 Å². The summed E-state index contributed by atoms with van der Waals surface area (Å²) in [7, 11) is 1.23. The molecule has 0 aromatic carbocycles. The van der Waals surface area contributed by atoms with Crippen molar-refractivity contribution in [2.75, 3.05) is 26.9 Å². The largest absolute Gasteiger partial charge is 0.467 e. The van der Waals surface area contributed by atoms with Gasteiger partial charge in [0.1, 0.15) is 18.9 Å². The van der Waals surface area contributed by atoms with Gasteiger partial charge in [0.2, 0.25) is 5.91 Å². The number of esters is 1. The first-order valence-corrected chi connectivity index (χ1v) is 6.15. The molecule has 0 radical (unpaired) electrons. The molecule has 0 saturated carbocycles. The van der Waals surface area contributed by atoms with Gasteiger partial charge in [0.05, 0.1) is 25.2 Å². The molecule has 114 valence electrons. The van der Waals surface area contributed by atoms with Crippen LogP contribution in [0.2, 0.25) is 0 Å². The second-order valence-corrected chi connectivity index (χ2v) is 4.35. The van der Waals surface area contributed by atoms with Gasteiger partial charge in [-0.25, -0.2) is 4.79 Å². The highest BCUT2D eigenvalue weighted by Crippen LogP contribution is 2.12. The van der Waals surface area contributed by atoms with Gasteiger partial charge in [-0.05, 0) is 0 Å². The predicted molar refractivity (Wildman–Crippen MR) is 67.2 cm³/mol. The Labute approximate surface area is 119 Å². The number of carbonyl (C=O) groups is 2. The minimum absolute atomic E-state index is 0.0671. The highest BCUT2D eigenvalue weighted by atomic mass is 16.6. The van der Waals surface area contributed by atoms with E-state index in [2.05, 4.69) is 9.84 Å². The van der Waals surface area contributed by atoms with E-state index in [4.69, 9.17) is 4.74 Å². The lowest BCUT2D eigenvalue weighted by atomic mass is 10.2. The van der Waals surface area contributed by atoms with Crippen LogP contribution in [0.3, 0.4) is 0 Å². The van der Waals surface area contributed by atoms with E-state index in [0.29, 0.717) is 6.61 Å². The highest BCUT2D eigenvalue weighted by molar-refractivity contribution is 5.84. The Balaban J connectivity index is 2.06. The lowest BCUT2D eigenvalue weighted by Gasteiger charge is -2.33. The van der Waals surface area contributed by atoms with Crippen LogP contribution < -0.4 is 0 Å². The molecule has 0 bridgehead atoms. The van der Waals surface area contributed by atoms with Gasteiger partial charge in [-0.1, -0.05) is 0 Å². The van der Waals surface area contributed by atoms with Crippen molar-refractivity contribution < 1.29 is 24.0 Å². The number of aromatic nitrogens is 2. The fourth-order valence-corrected chi connectivity index (χ4v) is 2.00. The highest BCUT2D eigenvalue weighted by Gasteiger charge is 2.33. The molecule has 1 aromatic heterocycles. The topological polar surface area (TPSA) is 117 Å². The molecule has 1 aliphatic heterocycles. The van der Waals surface area contributed by atoms with Crippen LogP contribution in [0.15, 0.2) is 12.4 Å². The van der Waals surface area contributed by atoms with Crippen molar-refractivity contribution in [3.05, 3.63) is 22.5 Å². The number of hydrogen-bond donors (Lipinski definition) is 0. The molecule has 1 saturated heterocycles. The third-order valence-corrected chi connectivity index (χ3v) is 3.05. The van der Waals surface area contributed by atoms with Crippen molar-refractivity contribution in [1.82, 2.24) is 14.7 Å². The average molecular weight is 298 g/mol. The van der Waals surface area contributed by atoms with E-state index >= 15 is 0 Å². The smallest absolute Gasteiger partial charge is 0.331 e. The average Bonchev–Trinajstić information content (AvgIpc) is 2.95. The molecule has 1 atom stereocenters. The molecule has 1 unspecified atom stereocenters. The molecule has 1 amide bonds. The van der Waals surface area contributed by atoms with Crippen molar-refractivity contribution in [2.45, 2.75) is 12.6 Å². The first-order valence-electron chi connectivity index (χ1n) is 6.15. The number of rotatable bonds is 4. The number of amides is 1. The first-order chi connectivity index (χ1) is 10.0. The van der Waals surface area contributed by atoms with Gasteiger partial charge < -0.3 is 14.4 Å². The maximum Gasteiger partial charge on any atom is 0.331 e. The monoisotopic (exact) mass is 298 g/mol. The number of morpholine rings is 1. The van der Waals surface area contributed by atoms with E-state index in [9.17, 15) is 19.7 Å². The summed E-state index contributed by atoms with van der Waals surface area (Å²) < 4.78 is 11.0. The molecular formula is C11H14N4O6. The van der Waals surface area contributed by atoms with Gasteiger partial charge in [0.15, 0.2) is 6.04 Å². The molecule has 1 aromatic rings. The standard InChI is InChI=1S/C11H14N4O6/c1-20-11(17)9-7-21-3-2-14(9)10(16)6-13-5-8(4-12-13)15(18)19/h4-5,9H,2-3,6-7H2,1H3. The number of methoxy groups -OCH3 is 1. The molecular weight excluding hydrogens is 284 g/mol. The first kappa shape index (κ1) is 14.9. The van der Waals surface area contributed by atoms with E-state index in [-0.39, 0.29) is 31.3 Å². The second kappa shape index (κ2) is 6.31. The maximum atomic E-state index is 12.2. The number of ether oxygens (including phenoxy) is 2. The Morgan fingerprint density at radius 2 is 2.38 bits per heavy atom. The third kappa shape index (κ3) is 3.34. The summed E-state index contributed by atoms with van der Waals surface area (Å²) in [6.07, 6.45) is 2.22. The van der Waals surface area contributed by atoms with Crippen LogP contribution in [0.1, 0.15) is 0 Å². The van der Waals surface area contributed by atoms with Crippen LogP contribution in [-0.2, 0) is 25.6 Å². The summed E-state index contributed by atoms with van der Waals surface area (Å²) in [4.78, 5) is 35.1. The van der Waals surface area contributed by atoms with Crippen molar-refractivity contribution in [1.29, 1.82) is 0 Å². The summed E-state index contributed by atoms with van der Waals surface area (Å²) in [5.41, 5.74) is -0.200. The minimum Gasteiger partial charge on any atom is -0.467 e. The second-order valence-electron chi connectivity index (χ2n) is 4.35. The van der Waals surface area contributed by atoms with Crippen LogP contribution in [-0.4, -0.2) is 64.4 Å². The normalized spacial score (nSPS) is 18.3. The molecule has 1 fully saturated rings. The van der Waals surface area contributed by atoms with Crippen LogP contribution in [0, 0.1) is 10.1 Å². The summed E-state index contributed by atoms with van der Waals surface area (Å²) >= 11 is 0. The maximum absolute atomic E-state index is 12.2. The zero-order chi connectivity index (χ0) is 15.4. The number of hydrogen-bond acceptors (Lipinski definition) is 7. The zero-order valence-corrected chi connectivity index (χ0v) is 11.3. The molecule has 2 heterocycles. The lowest BCUT2D eigenvalue weighted by Crippen LogP contribution is -2.53. The Kier molecular flexibility index (Phi) is 4.48. The number of nitro groups is 1. The fourth-order valence-electron chi connectivity index (χ4n) is 2.00. The summed E-state index contributed by atoms with van der Waals surface area (Å²) in [6, 6.07) is -0.804. The Morgan fingerprint density at radius 1 is 1.62 bits per heavy atom. The quantitative estimate of drug-likeness (QED) is 0.405. The Hall–Kier alpha value is -2.49. The molecule has 0 N–H and O–H groups in total. The molecule has 1 aliphatic rings. The number of nitrogens with zero attached hydrogens (tertiary/aromatic N) is 4. The van der Waals surface area contributed by atoms with Gasteiger partial charge in [-0.3, -0.25) is 19.6 Å². The van der Waals surface area contributed by atoms with Crippen molar-refractivity contribution >= 4 is 17.6 Å². The Morgan fingerprint density at radius 3 is 3.00 bits per heavy atom. The summed E-state index contributed by atoms with van der Waals surface area (Å²) in [5.74, 6) is -0.943. The van der Waals surface area contributed by atoms with E-state index in [1.54, 1.807) is 0 Å². The molecule has 21 heavy (non-hydrogen) atoms. The lowest BCUT2D eigenvalue weighted by molar-refractivity contribution is -0.385. The van der Waals surface area contributed by atoms with Crippen LogP contribution in [0.5, 0.6) is 0 Å². The van der Waals surface area contributed by atoms with E-state index in [0.717, 1.165) is 17.1 Å². The third-order valence-electron chi connectivity index (χ3n) is 3.05. The fraction of sp³-hybridized carbons (Fsp3) is 0.545. The summed E-state index contributed by atoms with van der Waals surface area (Å²) in [5, 5.41) is 14.3. The number of carbonyl (C=O) groups excluding carboxylic acids is 2. The molecule has 10 nitrogen and oxygen atoms in total. The van der Waals surface area contributed by atoms with Gasteiger partial charge in [0, 0.05) is 6.54 Å². The molecule has 0 spiro atoms. The van der Waals surface area contributed by atoms with Crippen LogP contribution in [0.25, 0.3) is 0 Å². The molecule has 2 rings (SSSR count). The Bertz CT molecular complexity index is 557. The molecule has 0 aliphatic carbocycles. The van der Waals surface area contributed by atoms with Crippen LogP contribution in [0.4, 0.5) is 5.69 Å². The van der Waals surface area contributed by atoms with Crippen LogP contribution >= 0.6 is 0 Å². The molecule has 10 heteroatoms. The predicted octanol–water partition coefficient (Wildman–Crippen LogP) is -0.808. The summed E-state index contributed by atoms with van der Waals surface area (Å²) in [6.45, 7) is 0.444. The van der Waals surface area contributed by atoms with Gasteiger partial charge in [0.25, 0.3) is 0 Å². The van der Waals surface area contributed by atoms with Crippen molar-refractivity contribution in [2.24, 2.45) is 0 Å². The zero-order valence-electron chi connectivity index (χ0n) is 11.3. The van der Waals surface area contributed by atoms with Gasteiger partial charge in [-0.15, -0.1) is 0 Å². The van der Waals surface area contributed by atoms with E-state index in [1.807, 2.05) is 0 Å².